The number of hydrogen-bond acceptors (Lipinski definition) is 3. The molecule has 0 aromatic rings. The van der Waals surface area contributed by atoms with Gasteiger partial charge in [-0.2, -0.15) is 17.0 Å². The molecule has 116 valence electrons. The first-order valence-corrected chi connectivity index (χ1v) is 8.61. The molecule has 2 saturated heterocycles. The van der Waals surface area contributed by atoms with Crippen molar-refractivity contribution in [3.63, 3.8) is 0 Å². The van der Waals surface area contributed by atoms with Crippen LogP contribution >= 0.6 is 0 Å². The Morgan fingerprint density at radius 2 is 1.80 bits per heavy atom. The van der Waals surface area contributed by atoms with Crippen LogP contribution in [0.5, 0.6) is 0 Å². The van der Waals surface area contributed by atoms with E-state index in [0.717, 1.165) is 12.8 Å². The standard InChI is InChI=1S/C13H24N2O4S/c1-9(2)14(3)20(18,19)15-11-4-5-12(15)7-10(6-11)8-13(16)17/h9-12H,4-8H2,1-3H3,(H,16,17). The van der Waals surface area contributed by atoms with Gasteiger partial charge >= 0.3 is 5.97 Å². The van der Waals surface area contributed by atoms with Gasteiger partial charge in [0.15, 0.2) is 0 Å². The van der Waals surface area contributed by atoms with Gasteiger partial charge in [0.1, 0.15) is 0 Å². The highest BCUT2D eigenvalue weighted by Gasteiger charge is 2.48. The fourth-order valence-electron chi connectivity index (χ4n) is 3.45. The van der Waals surface area contributed by atoms with Crippen LogP contribution in [0.4, 0.5) is 0 Å². The molecule has 7 heteroatoms. The van der Waals surface area contributed by atoms with Gasteiger partial charge in [-0.1, -0.05) is 0 Å². The van der Waals surface area contributed by atoms with E-state index in [1.807, 2.05) is 13.8 Å². The van der Waals surface area contributed by atoms with Crippen molar-refractivity contribution in [2.24, 2.45) is 5.92 Å². The number of nitrogens with zero attached hydrogens (tertiary/aromatic N) is 2. The topological polar surface area (TPSA) is 77.9 Å². The van der Waals surface area contributed by atoms with Crippen LogP contribution in [0.3, 0.4) is 0 Å². The monoisotopic (exact) mass is 304 g/mol. The lowest BCUT2D eigenvalue weighted by Crippen LogP contribution is -2.53. The van der Waals surface area contributed by atoms with Crippen LogP contribution in [-0.2, 0) is 15.0 Å². The van der Waals surface area contributed by atoms with Gasteiger partial charge in [0, 0.05) is 31.6 Å². The second-order valence-corrected chi connectivity index (χ2v) is 8.16. The molecular formula is C13H24N2O4S. The Labute approximate surface area is 120 Å². The van der Waals surface area contributed by atoms with Crippen molar-refractivity contribution in [3.05, 3.63) is 0 Å². The smallest absolute Gasteiger partial charge is 0.303 e. The Hall–Kier alpha value is -0.660. The summed E-state index contributed by atoms with van der Waals surface area (Å²) < 4.78 is 28.4. The number of carboxylic acids is 1. The molecule has 0 aliphatic carbocycles. The van der Waals surface area contributed by atoms with Crippen LogP contribution in [0.1, 0.15) is 46.0 Å². The minimum atomic E-state index is -3.43. The number of hydrogen-bond donors (Lipinski definition) is 1. The van der Waals surface area contributed by atoms with E-state index < -0.39 is 16.2 Å². The first-order valence-electron chi connectivity index (χ1n) is 7.21. The Balaban J connectivity index is 2.15. The Morgan fingerprint density at radius 3 is 2.20 bits per heavy atom. The first kappa shape index (κ1) is 15.7. The molecule has 0 saturated carbocycles. The molecule has 2 aliphatic heterocycles. The Morgan fingerprint density at radius 1 is 1.30 bits per heavy atom. The molecular weight excluding hydrogens is 280 g/mol. The van der Waals surface area contributed by atoms with Crippen LogP contribution in [0.25, 0.3) is 0 Å². The number of piperidine rings is 1. The van der Waals surface area contributed by atoms with Crippen molar-refractivity contribution in [1.82, 2.24) is 8.61 Å². The second kappa shape index (κ2) is 5.61. The number of carboxylic acid groups (broad SMARTS) is 1. The maximum absolute atomic E-state index is 12.7. The quantitative estimate of drug-likeness (QED) is 0.830. The molecule has 2 aliphatic rings. The lowest BCUT2D eigenvalue weighted by atomic mass is 9.90. The minimum absolute atomic E-state index is 0.0238. The fourth-order valence-corrected chi connectivity index (χ4v) is 5.42. The van der Waals surface area contributed by atoms with Gasteiger partial charge in [-0.25, -0.2) is 0 Å². The number of rotatable bonds is 5. The molecule has 20 heavy (non-hydrogen) atoms. The average molecular weight is 304 g/mol. The van der Waals surface area contributed by atoms with Crippen molar-refractivity contribution in [2.45, 2.75) is 64.1 Å². The zero-order chi connectivity index (χ0) is 15.1. The molecule has 0 aromatic carbocycles. The highest BCUT2D eigenvalue weighted by Crippen LogP contribution is 2.42. The third kappa shape index (κ3) is 2.84. The maximum atomic E-state index is 12.7. The van der Waals surface area contributed by atoms with Crippen molar-refractivity contribution < 1.29 is 18.3 Å². The van der Waals surface area contributed by atoms with Gasteiger partial charge in [0.2, 0.25) is 0 Å². The van der Waals surface area contributed by atoms with Gasteiger partial charge in [-0.05, 0) is 45.4 Å². The molecule has 2 atom stereocenters. The molecule has 2 fully saturated rings. The number of fused-ring (bicyclic) bond motifs is 2. The summed E-state index contributed by atoms with van der Waals surface area (Å²) >= 11 is 0. The van der Waals surface area contributed by atoms with E-state index in [1.54, 1.807) is 11.4 Å². The molecule has 2 bridgehead atoms. The lowest BCUT2D eigenvalue weighted by Gasteiger charge is -2.40. The highest BCUT2D eigenvalue weighted by molar-refractivity contribution is 7.86. The lowest BCUT2D eigenvalue weighted by molar-refractivity contribution is -0.138. The highest BCUT2D eigenvalue weighted by atomic mass is 32.2. The van der Waals surface area contributed by atoms with Gasteiger partial charge in [0.05, 0.1) is 0 Å². The molecule has 1 N–H and O–H groups in total. The molecule has 2 rings (SSSR count). The number of carbonyl (C=O) groups is 1. The third-order valence-electron chi connectivity index (χ3n) is 4.58. The summed E-state index contributed by atoms with van der Waals surface area (Å²) in [4.78, 5) is 10.8. The zero-order valence-electron chi connectivity index (χ0n) is 12.3. The van der Waals surface area contributed by atoms with E-state index in [-0.39, 0.29) is 30.5 Å². The summed E-state index contributed by atoms with van der Waals surface area (Å²) in [6.07, 6.45) is 3.21. The zero-order valence-corrected chi connectivity index (χ0v) is 13.1. The van der Waals surface area contributed by atoms with E-state index >= 15 is 0 Å². The molecule has 0 amide bonds. The van der Waals surface area contributed by atoms with E-state index in [9.17, 15) is 13.2 Å². The third-order valence-corrected chi connectivity index (χ3v) is 6.86. The maximum Gasteiger partial charge on any atom is 0.303 e. The van der Waals surface area contributed by atoms with Crippen molar-refractivity contribution >= 4 is 16.2 Å². The molecule has 2 unspecified atom stereocenters. The predicted octanol–water partition coefficient (Wildman–Crippen LogP) is 1.29. The molecule has 0 spiro atoms. The summed E-state index contributed by atoms with van der Waals surface area (Å²) in [6, 6.07) is -0.121. The van der Waals surface area contributed by atoms with Gasteiger partial charge in [-0.3, -0.25) is 4.79 Å². The van der Waals surface area contributed by atoms with Crippen LogP contribution in [0.15, 0.2) is 0 Å². The number of aliphatic carboxylic acids is 1. The summed E-state index contributed by atoms with van der Waals surface area (Å²) in [5, 5.41) is 8.91. The van der Waals surface area contributed by atoms with E-state index in [2.05, 4.69) is 0 Å². The van der Waals surface area contributed by atoms with Crippen molar-refractivity contribution in [2.75, 3.05) is 7.05 Å². The van der Waals surface area contributed by atoms with E-state index in [1.165, 1.54) is 4.31 Å². The summed E-state index contributed by atoms with van der Waals surface area (Å²) in [6.45, 7) is 3.72. The largest absolute Gasteiger partial charge is 0.481 e. The molecule has 0 radical (unpaired) electrons. The average Bonchev–Trinajstić information content (AvgIpc) is 2.60. The first-order chi connectivity index (χ1) is 9.23. The Kier molecular flexibility index (Phi) is 4.41. The summed E-state index contributed by atoms with van der Waals surface area (Å²) in [5.41, 5.74) is 0. The van der Waals surface area contributed by atoms with Crippen molar-refractivity contribution in [1.29, 1.82) is 0 Å². The van der Waals surface area contributed by atoms with E-state index in [0.29, 0.717) is 12.8 Å². The van der Waals surface area contributed by atoms with Gasteiger partial charge in [0.25, 0.3) is 10.2 Å². The molecule has 2 heterocycles. The predicted molar refractivity (Wildman–Crippen MR) is 75.4 cm³/mol. The van der Waals surface area contributed by atoms with Gasteiger partial charge < -0.3 is 5.11 Å². The fraction of sp³-hybridized carbons (Fsp3) is 0.923. The van der Waals surface area contributed by atoms with Crippen LogP contribution < -0.4 is 0 Å². The van der Waals surface area contributed by atoms with Crippen LogP contribution in [0, 0.1) is 5.92 Å². The van der Waals surface area contributed by atoms with Crippen molar-refractivity contribution in [3.8, 4) is 0 Å². The molecule has 0 aromatic heterocycles. The second-order valence-electron chi connectivity index (χ2n) is 6.27. The SMILES string of the molecule is CC(C)N(C)S(=O)(=O)N1C2CCC1CC(CC(=O)O)C2. The minimum Gasteiger partial charge on any atom is -0.481 e. The summed E-state index contributed by atoms with van der Waals surface area (Å²) in [5.74, 6) is -0.675. The van der Waals surface area contributed by atoms with Gasteiger partial charge in [-0.15, -0.1) is 0 Å². The normalized spacial score (nSPS) is 31.1. The van der Waals surface area contributed by atoms with Crippen LogP contribution in [0.2, 0.25) is 0 Å². The Bertz CT molecular complexity index is 463. The summed E-state index contributed by atoms with van der Waals surface area (Å²) in [7, 11) is -1.82. The molecule has 6 nitrogen and oxygen atoms in total. The van der Waals surface area contributed by atoms with E-state index in [4.69, 9.17) is 5.11 Å². The van der Waals surface area contributed by atoms with Crippen LogP contribution in [-0.4, -0.2) is 53.3 Å².